The number of aryl methyl sites for hydroxylation is 1. The van der Waals surface area contributed by atoms with Crippen molar-refractivity contribution in [3.05, 3.63) is 30.1 Å². The van der Waals surface area contributed by atoms with Gasteiger partial charge in [0.1, 0.15) is 17.6 Å². The number of alkyl halides is 2. The average Bonchev–Trinajstić information content (AvgIpc) is 3.07. The molecule has 1 aromatic heterocycles. The number of hydrogen-bond acceptors (Lipinski definition) is 6. The van der Waals surface area contributed by atoms with E-state index in [1.165, 1.54) is 22.5 Å². The van der Waals surface area contributed by atoms with E-state index in [0.717, 1.165) is 0 Å². The summed E-state index contributed by atoms with van der Waals surface area (Å²) in [5.74, 6) is 0.418. The topological polar surface area (TPSA) is 67.3 Å². The van der Waals surface area contributed by atoms with Crippen LogP contribution in [-0.4, -0.2) is 34.5 Å². The minimum atomic E-state index is -2.94. The molecule has 1 aliphatic heterocycles. The van der Waals surface area contributed by atoms with Gasteiger partial charge in [-0.2, -0.15) is 13.2 Å². The first kappa shape index (κ1) is 15.6. The molecular weight excluding hydrogens is 326 g/mol. The van der Waals surface area contributed by atoms with E-state index in [9.17, 15) is 13.6 Å². The van der Waals surface area contributed by atoms with Crippen LogP contribution in [0.2, 0.25) is 0 Å². The maximum atomic E-state index is 12.5. The molecule has 0 saturated carbocycles. The molecule has 122 valence electrons. The highest BCUT2D eigenvalue weighted by Crippen LogP contribution is 2.33. The van der Waals surface area contributed by atoms with Gasteiger partial charge in [-0.3, -0.25) is 4.79 Å². The van der Waals surface area contributed by atoms with Gasteiger partial charge in [-0.15, -0.1) is 0 Å². The second-order valence-corrected chi connectivity index (χ2v) is 5.72. The van der Waals surface area contributed by atoms with Crippen LogP contribution in [0.5, 0.6) is 5.75 Å². The second-order valence-electron chi connectivity index (χ2n) is 4.97. The molecule has 0 unspecified atom stereocenters. The molecule has 1 saturated heterocycles. The predicted molar refractivity (Wildman–Crippen MR) is 82.1 cm³/mol. The van der Waals surface area contributed by atoms with E-state index >= 15 is 0 Å². The van der Waals surface area contributed by atoms with Crippen LogP contribution >= 0.6 is 11.5 Å². The van der Waals surface area contributed by atoms with Crippen molar-refractivity contribution in [1.29, 1.82) is 0 Å². The van der Waals surface area contributed by atoms with Crippen molar-refractivity contribution in [2.45, 2.75) is 26.0 Å². The van der Waals surface area contributed by atoms with Crippen LogP contribution in [0.25, 0.3) is 0 Å². The molecule has 0 aliphatic carbocycles. The van der Waals surface area contributed by atoms with E-state index in [2.05, 4.69) is 19.4 Å². The summed E-state index contributed by atoms with van der Waals surface area (Å²) in [5, 5.41) is 3.61. The SMILES string of the molecule is Cc1nsc(N[C@@H]2CCN(c3ccccc3OC(F)F)C2=O)n1. The summed E-state index contributed by atoms with van der Waals surface area (Å²) in [4.78, 5) is 18.1. The number of halogens is 2. The number of amides is 1. The van der Waals surface area contributed by atoms with Gasteiger partial charge in [0.15, 0.2) is 0 Å². The lowest BCUT2D eigenvalue weighted by molar-refractivity contribution is -0.117. The van der Waals surface area contributed by atoms with Gasteiger partial charge in [0.2, 0.25) is 11.0 Å². The van der Waals surface area contributed by atoms with Gasteiger partial charge in [0.25, 0.3) is 0 Å². The lowest BCUT2D eigenvalue weighted by atomic mass is 10.2. The standard InChI is InChI=1S/C14H14F2N4O2S/c1-8-17-14(23-19-8)18-9-6-7-20(12(9)21)10-4-2-3-5-11(10)22-13(15)16/h2-5,9,13H,6-7H2,1H3,(H,17,18,19)/t9-/m1/s1. The third-order valence-corrected chi connectivity index (χ3v) is 4.14. The molecule has 6 nitrogen and oxygen atoms in total. The number of ether oxygens (including phenoxy) is 1. The van der Waals surface area contributed by atoms with E-state index in [0.29, 0.717) is 29.6 Å². The number of nitrogens with one attached hydrogen (secondary N) is 1. The summed E-state index contributed by atoms with van der Waals surface area (Å²) in [6.45, 7) is -0.757. The van der Waals surface area contributed by atoms with Crippen LogP contribution in [0.1, 0.15) is 12.2 Å². The van der Waals surface area contributed by atoms with Crippen molar-refractivity contribution < 1.29 is 18.3 Å². The summed E-state index contributed by atoms with van der Waals surface area (Å²) in [5.41, 5.74) is 0.343. The lowest BCUT2D eigenvalue weighted by Crippen LogP contribution is -2.33. The zero-order chi connectivity index (χ0) is 16.4. The number of benzene rings is 1. The van der Waals surface area contributed by atoms with Crippen molar-refractivity contribution in [3.8, 4) is 5.75 Å². The number of anilines is 2. The molecule has 1 N–H and O–H groups in total. The Hall–Kier alpha value is -2.29. The molecule has 23 heavy (non-hydrogen) atoms. The zero-order valence-corrected chi connectivity index (χ0v) is 13.0. The molecule has 1 aromatic carbocycles. The number of aromatic nitrogens is 2. The number of carbonyl (C=O) groups excluding carboxylic acids is 1. The van der Waals surface area contributed by atoms with Crippen LogP contribution in [-0.2, 0) is 4.79 Å². The first-order chi connectivity index (χ1) is 11.0. The molecule has 2 heterocycles. The number of carbonyl (C=O) groups is 1. The first-order valence-electron chi connectivity index (χ1n) is 6.96. The highest BCUT2D eigenvalue weighted by atomic mass is 32.1. The predicted octanol–water partition coefficient (Wildman–Crippen LogP) is 2.67. The van der Waals surface area contributed by atoms with Crippen molar-refractivity contribution >= 4 is 28.3 Å². The van der Waals surface area contributed by atoms with Gasteiger partial charge in [0, 0.05) is 18.1 Å². The normalized spacial score (nSPS) is 17.8. The lowest BCUT2D eigenvalue weighted by Gasteiger charge is -2.20. The van der Waals surface area contributed by atoms with Gasteiger partial charge in [0.05, 0.1) is 5.69 Å². The van der Waals surface area contributed by atoms with Crippen LogP contribution in [0.15, 0.2) is 24.3 Å². The fourth-order valence-electron chi connectivity index (χ4n) is 2.43. The molecule has 1 amide bonds. The van der Waals surface area contributed by atoms with Gasteiger partial charge < -0.3 is 15.0 Å². The number of hydrogen-bond donors (Lipinski definition) is 1. The second kappa shape index (κ2) is 6.45. The monoisotopic (exact) mass is 340 g/mol. The van der Waals surface area contributed by atoms with E-state index in [-0.39, 0.29) is 11.7 Å². The average molecular weight is 340 g/mol. The quantitative estimate of drug-likeness (QED) is 0.906. The Balaban J connectivity index is 1.76. The highest BCUT2D eigenvalue weighted by Gasteiger charge is 2.34. The van der Waals surface area contributed by atoms with E-state index < -0.39 is 12.7 Å². The zero-order valence-electron chi connectivity index (χ0n) is 12.2. The van der Waals surface area contributed by atoms with E-state index in [4.69, 9.17) is 0 Å². The summed E-state index contributed by atoms with van der Waals surface area (Å²) >= 11 is 1.18. The van der Waals surface area contributed by atoms with Gasteiger partial charge >= 0.3 is 6.61 Å². The van der Waals surface area contributed by atoms with Crippen molar-refractivity contribution in [2.24, 2.45) is 0 Å². The number of para-hydroxylation sites is 2. The minimum Gasteiger partial charge on any atom is -0.433 e. The Morgan fingerprint density at radius 2 is 2.22 bits per heavy atom. The summed E-state index contributed by atoms with van der Waals surface area (Å²) in [6.07, 6.45) is 0.542. The molecular formula is C14H14F2N4O2S. The molecule has 9 heteroatoms. The fraction of sp³-hybridized carbons (Fsp3) is 0.357. The molecule has 1 fully saturated rings. The van der Waals surface area contributed by atoms with Gasteiger partial charge in [-0.1, -0.05) is 12.1 Å². The Labute approximate surface area is 135 Å². The van der Waals surface area contributed by atoms with Gasteiger partial charge in [-0.25, -0.2) is 4.98 Å². The maximum Gasteiger partial charge on any atom is 0.387 e. The van der Waals surface area contributed by atoms with Crippen molar-refractivity contribution in [1.82, 2.24) is 9.36 Å². The van der Waals surface area contributed by atoms with E-state index in [1.54, 1.807) is 25.1 Å². The Kier molecular flexibility index (Phi) is 4.37. The van der Waals surface area contributed by atoms with Crippen LogP contribution < -0.4 is 15.0 Å². The Bertz CT molecular complexity index is 710. The highest BCUT2D eigenvalue weighted by molar-refractivity contribution is 7.09. The minimum absolute atomic E-state index is 0.0109. The van der Waals surface area contributed by atoms with Crippen molar-refractivity contribution in [3.63, 3.8) is 0 Å². The molecule has 3 rings (SSSR count). The Morgan fingerprint density at radius 1 is 1.43 bits per heavy atom. The molecule has 0 spiro atoms. The summed E-state index contributed by atoms with van der Waals surface area (Å²) < 4.78 is 33.5. The van der Waals surface area contributed by atoms with Gasteiger partial charge in [-0.05, 0) is 25.5 Å². The largest absolute Gasteiger partial charge is 0.433 e. The fourth-order valence-corrected chi connectivity index (χ4v) is 3.06. The molecule has 1 atom stereocenters. The molecule has 2 aromatic rings. The smallest absolute Gasteiger partial charge is 0.387 e. The summed E-state index contributed by atoms with van der Waals surface area (Å²) in [7, 11) is 0. The molecule has 0 bridgehead atoms. The van der Waals surface area contributed by atoms with Crippen LogP contribution in [0.3, 0.4) is 0 Å². The third-order valence-electron chi connectivity index (χ3n) is 3.40. The maximum absolute atomic E-state index is 12.5. The summed E-state index contributed by atoms with van der Waals surface area (Å²) in [6, 6.07) is 5.82. The van der Waals surface area contributed by atoms with Crippen LogP contribution in [0.4, 0.5) is 19.6 Å². The Morgan fingerprint density at radius 3 is 2.91 bits per heavy atom. The molecule has 0 radical (unpaired) electrons. The third kappa shape index (κ3) is 3.39. The number of rotatable bonds is 5. The van der Waals surface area contributed by atoms with Crippen LogP contribution in [0, 0.1) is 6.92 Å². The van der Waals surface area contributed by atoms with E-state index in [1.807, 2.05) is 0 Å². The first-order valence-corrected chi connectivity index (χ1v) is 7.74. The number of nitrogens with zero attached hydrogens (tertiary/aromatic N) is 3. The molecule has 1 aliphatic rings. The van der Waals surface area contributed by atoms with Crippen molar-refractivity contribution in [2.75, 3.05) is 16.8 Å².